The van der Waals surface area contributed by atoms with E-state index < -0.39 is 0 Å². The molecule has 7 nitrogen and oxygen atoms in total. The molecule has 0 spiro atoms. The highest BCUT2D eigenvalue weighted by molar-refractivity contribution is 5.44. The van der Waals surface area contributed by atoms with Crippen LogP contribution in [0.5, 0.6) is 0 Å². The fourth-order valence-corrected chi connectivity index (χ4v) is 2.14. The Kier molecular flexibility index (Phi) is 4.06. The molecule has 1 N–H and O–H groups in total. The van der Waals surface area contributed by atoms with Gasteiger partial charge in [-0.25, -0.2) is 0 Å². The number of hydrogen-bond donors (Lipinski definition) is 1. The van der Waals surface area contributed by atoms with Gasteiger partial charge in [0, 0.05) is 12.2 Å². The summed E-state index contributed by atoms with van der Waals surface area (Å²) in [6.45, 7) is 6.75. The fourth-order valence-electron chi connectivity index (χ4n) is 2.14. The SMILES string of the molecule is Cc1cnn([C@H](C)[C@H](C)NCc2nc(-c3ccco3)no2)c1. The topological polar surface area (TPSA) is 81.9 Å². The van der Waals surface area contributed by atoms with Gasteiger partial charge in [-0.3, -0.25) is 4.68 Å². The van der Waals surface area contributed by atoms with Crippen molar-refractivity contribution >= 4 is 0 Å². The van der Waals surface area contributed by atoms with Gasteiger partial charge >= 0.3 is 0 Å². The Labute approximate surface area is 128 Å². The Morgan fingerprint density at radius 1 is 1.36 bits per heavy atom. The summed E-state index contributed by atoms with van der Waals surface area (Å²) >= 11 is 0. The number of aromatic nitrogens is 4. The van der Waals surface area contributed by atoms with Crippen LogP contribution in [0.25, 0.3) is 11.6 Å². The summed E-state index contributed by atoms with van der Waals surface area (Å²) in [5.74, 6) is 1.59. The molecular weight excluding hydrogens is 282 g/mol. The minimum absolute atomic E-state index is 0.207. The average molecular weight is 301 g/mol. The number of nitrogens with zero attached hydrogens (tertiary/aromatic N) is 4. The van der Waals surface area contributed by atoms with Gasteiger partial charge in [0.05, 0.1) is 25.0 Å². The van der Waals surface area contributed by atoms with Crippen molar-refractivity contribution < 1.29 is 8.94 Å². The molecule has 3 heterocycles. The second-order valence-electron chi connectivity index (χ2n) is 5.40. The Hall–Kier alpha value is -2.41. The number of aryl methyl sites for hydroxylation is 1. The van der Waals surface area contributed by atoms with Crippen molar-refractivity contribution in [2.24, 2.45) is 0 Å². The molecule has 0 aliphatic carbocycles. The molecule has 3 aromatic rings. The number of nitrogens with one attached hydrogen (secondary N) is 1. The molecule has 0 aliphatic rings. The molecule has 22 heavy (non-hydrogen) atoms. The minimum Gasteiger partial charge on any atom is -0.461 e. The summed E-state index contributed by atoms with van der Waals surface area (Å²) < 4.78 is 12.4. The Bertz CT molecular complexity index is 716. The molecule has 116 valence electrons. The van der Waals surface area contributed by atoms with Gasteiger partial charge in [0.15, 0.2) is 5.76 Å². The van der Waals surface area contributed by atoms with Crippen LogP contribution in [0.3, 0.4) is 0 Å². The molecule has 0 amide bonds. The first-order valence-corrected chi connectivity index (χ1v) is 7.24. The van der Waals surface area contributed by atoms with Gasteiger partial charge in [-0.2, -0.15) is 10.1 Å². The first-order chi connectivity index (χ1) is 10.6. The van der Waals surface area contributed by atoms with Crippen molar-refractivity contribution in [1.82, 2.24) is 25.2 Å². The summed E-state index contributed by atoms with van der Waals surface area (Å²) in [5.41, 5.74) is 1.15. The molecule has 0 aromatic carbocycles. The van der Waals surface area contributed by atoms with Crippen LogP contribution < -0.4 is 5.32 Å². The Morgan fingerprint density at radius 2 is 2.23 bits per heavy atom. The number of furan rings is 1. The van der Waals surface area contributed by atoms with E-state index in [1.807, 2.05) is 24.0 Å². The predicted molar refractivity (Wildman–Crippen MR) is 80.0 cm³/mol. The maximum atomic E-state index is 5.24. The van der Waals surface area contributed by atoms with Crippen LogP contribution in [0.2, 0.25) is 0 Å². The quantitative estimate of drug-likeness (QED) is 0.753. The first kappa shape index (κ1) is 14.5. The van der Waals surface area contributed by atoms with Gasteiger partial charge in [-0.1, -0.05) is 5.16 Å². The van der Waals surface area contributed by atoms with E-state index in [1.165, 1.54) is 0 Å². The van der Waals surface area contributed by atoms with Gasteiger partial charge in [0.1, 0.15) is 0 Å². The van der Waals surface area contributed by atoms with Crippen LogP contribution in [-0.4, -0.2) is 26.0 Å². The summed E-state index contributed by atoms with van der Waals surface area (Å²) in [7, 11) is 0. The lowest BCUT2D eigenvalue weighted by Gasteiger charge is -2.20. The zero-order valence-corrected chi connectivity index (χ0v) is 12.9. The molecule has 0 radical (unpaired) electrons. The number of rotatable bonds is 6. The molecule has 0 aliphatic heterocycles. The highest BCUT2D eigenvalue weighted by atomic mass is 16.5. The molecule has 7 heteroatoms. The average Bonchev–Trinajstić information content (AvgIpc) is 3.24. The molecule has 3 rings (SSSR count). The van der Waals surface area contributed by atoms with Crippen molar-refractivity contribution in [3.63, 3.8) is 0 Å². The number of hydrogen-bond acceptors (Lipinski definition) is 6. The monoisotopic (exact) mass is 301 g/mol. The van der Waals surface area contributed by atoms with Crippen molar-refractivity contribution in [2.45, 2.75) is 39.4 Å². The van der Waals surface area contributed by atoms with Crippen molar-refractivity contribution in [3.8, 4) is 11.6 Å². The third kappa shape index (κ3) is 3.09. The van der Waals surface area contributed by atoms with E-state index >= 15 is 0 Å². The van der Waals surface area contributed by atoms with E-state index in [2.05, 4.69) is 34.4 Å². The van der Waals surface area contributed by atoms with E-state index in [4.69, 9.17) is 8.94 Å². The molecule has 0 unspecified atom stereocenters. The molecule has 0 saturated heterocycles. The van der Waals surface area contributed by atoms with Crippen molar-refractivity contribution in [1.29, 1.82) is 0 Å². The molecular formula is C15H19N5O2. The highest BCUT2D eigenvalue weighted by Crippen LogP contribution is 2.16. The second-order valence-corrected chi connectivity index (χ2v) is 5.40. The van der Waals surface area contributed by atoms with Crippen LogP contribution in [0.1, 0.15) is 31.3 Å². The van der Waals surface area contributed by atoms with Crippen LogP contribution in [0.4, 0.5) is 0 Å². The van der Waals surface area contributed by atoms with Gasteiger partial charge in [-0.05, 0) is 38.5 Å². The Morgan fingerprint density at radius 3 is 2.91 bits per heavy atom. The molecule has 0 fully saturated rings. The van der Waals surface area contributed by atoms with Crippen LogP contribution in [-0.2, 0) is 6.54 Å². The third-order valence-electron chi connectivity index (χ3n) is 3.66. The predicted octanol–water partition coefficient (Wildman–Crippen LogP) is 2.57. The van der Waals surface area contributed by atoms with E-state index in [0.29, 0.717) is 24.0 Å². The van der Waals surface area contributed by atoms with Gasteiger partial charge in [0.25, 0.3) is 0 Å². The molecule has 0 bridgehead atoms. The second kappa shape index (κ2) is 6.15. The fraction of sp³-hybridized carbons (Fsp3) is 0.400. The van der Waals surface area contributed by atoms with Gasteiger partial charge in [-0.15, -0.1) is 0 Å². The van der Waals surface area contributed by atoms with Gasteiger partial charge < -0.3 is 14.3 Å². The molecule has 0 saturated carbocycles. The highest BCUT2D eigenvalue weighted by Gasteiger charge is 2.16. The lowest BCUT2D eigenvalue weighted by molar-refractivity contribution is 0.325. The molecule has 2 atom stereocenters. The maximum absolute atomic E-state index is 5.24. The first-order valence-electron chi connectivity index (χ1n) is 7.24. The van der Waals surface area contributed by atoms with Gasteiger partial charge in [0.2, 0.25) is 11.7 Å². The van der Waals surface area contributed by atoms with Crippen LogP contribution in [0, 0.1) is 6.92 Å². The summed E-state index contributed by atoms with van der Waals surface area (Å²) in [5, 5.41) is 11.6. The van der Waals surface area contributed by atoms with E-state index in [0.717, 1.165) is 5.56 Å². The minimum atomic E-state index is 0.207. The van der Waals surface area contributed by atoms with Crippen LogP contribution >= 0.6 is 0 Å². The lowest BCUT2D eigenvalue weighted by Crippen LogP contribution is -2.33. The van der Waals surface area contributed by atoms with Crippen molar-refractivity contribution in [3.05, 3.63) is 42.2 Å². The smallest absolute Gasteiger partial charge is 0.241 e. The van der Waals surface area contributed by atoms with E-state index in [9.17, 15) is 0 Å². The third-order valence-corrected chi connectivity index (χ3v) is 3.66. The summed E-state index contributed by atoms with van der Waals surface area (Å²) in [6.07, 6.45) is 5.47. The Balaban J connectivity index is 1.58. The normalized spacial score (nSPS) is 14.1. The van der Waals surface area contributed by atoms with Crippen LogP contribution in [0.15, 0.2) is 39.7 Å². The summed E-state index contributed by atoms with van der Waals surface area (Å²) in [4.78, 5) is 4.30. The van der Waals surface area contributed by atoms with E-state index in [-0.39, 0.29) is 12.1 Å². The largest absolute Gasteiger partial charge is 0.461 e. The maximum Gasteiger partial charge on any atom is 0.241 e. The van der Waals surface area contributed by atoms with Crippen molar-refractivity contribution in [2.75, 3.05) is 0 Å². The molecule has 3 aromatic heterocycles. The zero-order chi connectivity index (χ0) is 15.5. The lowest BCUT2D eigenvalue weighted by atomic mass is 10.2. The van der Waals surface area contributed by atoms with E-state index in [1.54, 1.807) is 18.4 Å². The standard InChI is InChI=1S/C15H19N5O2/c1-10-7-17-20(9-10)12(3)11(2)16-8-14-18-15(19-22-14)13-5-4-6-21-13/h4-7,9,11-12,16H,8H2,1-3H3/t11-,12+/m0/s1. The summed E-state index contributed by atoms with van der Waals surface area (Å²) in [6, 6.07) is 4.02. The zero-order valence-electron chi connectivity index (χ0n) is 12.9.